The van der Waals surface area contributed by atoms with Crippen molar-refractivity contribution in [3.63, 3.8) is 0 Å². The number of phenols is 1. The topological polar surface area (TPSA) is 95.7 Å². The summed E-state index contributed by atoms with van der Waals surface area (Å²) < 4.78 is 0. The van der Waals surface area contributed by atoms with E-state index in [0.29, 0.717) is 29.9 Å². The molecule has 6 heteroatoms. The molecule has 3 amide bonds. The van der Waals surface area contributed by atoms with Crippen LogP contribution in [-0.2, 0) is 6.54 Å². The first-order chi connectivity index (χ1) is 11.9. The monoisotopic (exact) mass is 341 g/mol. The largest absolute Gasteiger partial charge is 0.508 e. The van der Waals surface area contributed by atoms with Crippen molar-refractivity contribution in [2.45, 2.75) is 26.8 Å². The highest BCUT2D eigenvalue weighted by Crippen LogP contribution is 2.20. The minimum absolute atomic E-state index is 0.155. The van der Waals surface area contributed by atoms with Crippen molar-refractivity contribution in [2.75, 3.05) is 11.9 Å². The first-order valence-corrected chi connectivity index (χ1v) is 8.15. The molecular formula is C19H23N3O3. The predicted octanol–water partition coefficient (Wildman–Crippen LogP) is 3.24. The molecule has 0 spiro atoms. The number of phenolic OH excluding ortho intramolecular Hbond substituents is 1. The van der Waals surface area contributed by atoms with E-state index < -0.39 is 5.91 Å². The normalized spacial score (nSPS) is 10.3. The number of benzene rings is 2. The van der Waals surface area contributed by atoms with Crippen LogP contribution in [0.15, 0.2) is 42.5 Å². The molecule has 2 aromatic carbocycles. The van der Waals surface area contributed by atoms with E-state index in [2.05, 4.69) is 5.32 Å². The lowest BCUT2D eigenvalue weighted by Gasteiger charge is -2.23. The third-order valence-electron chi connectivity index (χ3n) is 3.89. The molecule has 0 unspecified atom stereocenters. The number of urea groups is 1. The first kappa shape index (κ1) is 18.3. The maximum absolute atomic E-state index is 12.6. The van der Waals surface area contributed by atoms with Gasteiger partial charge in [-0.1, -0.05) is 31.2 Å². The molecule has 25 heavy (non-hydrogen) atoms. The average molecular weight is 341 g/mol. The highest BCUT2D eigenvalue weighted by Gasteiger charge is 2.16. The van der Waals surface area contributed by atoms with Crippen LogP contribution in [0.1, 0.15) is 34.8 Å². The molecule has 0 heterocycles. The number of carbonyl (C=O) groups excluding carboxylic acids is 2. The molecular weight excluding hydrogens is 318 g/mol. The fourth-order valence-electron chi connectivity index (χ4n) is 2.54. The molecule has 0 aliphatic carbocycles. The fraction of sp³-hybridized carbons (Fsp3) is 0.263. The second-order valence-electron chi connectivity index (χ2n) is 5.87. The van der Waals surface area contributed by atoms with Crippen LogP contribution in [0.2, 0.25) is 0 Å². The maximum atomic E-state index is 12.6. The smallest absolute Gasteiger partial charge is 0.322 e. The van der Waals surface area contributed by atoms with Gasteiger partial charge in [0.05, 0.1) is 6.54 Å². The summed E-state index contributed by atoms with van der Waals surface area (Å²) in [5, 5.41) is 12.7. The molecule has 0 radical (unpaired) electrons. The number of nitrogens with zero attached hydrogens (tertiary/aromatic N) is 1. The lowest BCUT2D eigenvalue weighted by Crippen LogP contribution is -2.35. The van der Waals surface area contributed by atoms with Gasteiger partial charge in [0.25, 0.3) is 0 Å². The molecule has 0 aliphatic rings. The number of nitrogens with two attached hydrogens (primary N) is 1. The Bertz CT molecular complexity index is 774. The minimum atomic E-state index is -0.534. The van der Waals surface area contributed by atoms with Crippen LogP contribution in [0.25, 0.3) is 0 Å². The summed E-state index contributed by atoms with van der Waals surface area (Å²) in [6, 6.07) is 11.7. The van der Waals surface area contributed by atoms with E-state index in [1.54, 1.807) is 48.2 Å². The fourth-order valence-corrected chi connectivity index (χ4v) is 2.54. The van der Waals surface area contributed by atoms with Crippen molar-refractivity contribution < 1.29 is 14.7 Å². The molecule has 0 bridgehead atoms. The van der Waals surface area contributed by atoms with Gasteiger partial charge >= 0.3 is 6.03 Å². The van der Waals surface area contributed by atoms with Crippen molar-refractivity contribution in [3.05, 3.63) is 59.2 Å². The molecule has 2 aromatic rings. The SMILES string of the molecule is CCCN(Cc1ccccc1O)C(=O)Nc1ccc(C)c(C(N)=O)c1. The molecule has 0 saturated heterocycles. The van der Waals surface area contributed by atoms with Gasteiger partial charge in [0.1, 0.15) is 5.75 Å². The van der Waals surface area contributed by atoms with Crippen LogP contribution in [0, 0.1) is 6.92 Å². The lowest BCUT2D eigenvalue weighted by molar-refractivity contribution is 0.0999. The van der Waals surface area contributed by atoms with Gasteiger partial charge in [-0.05, 0) is 37.1 Å². The van der Waals surface area contributed by atoms with Crippen molar-refractivity contribution >= 4 is 17.6 Å². The number of hydrogen-bond donors (Lipinski definition) is 3. The van der Waals surface area contributed by atoms with Crippen molar-refractivity contribution in [2.24, 2.45) is 5.73 Å². The molecule has 132 valence electrons. The number of aryl methyl sites for hydroxylation is 1. The number of rotatable bonds is 6. The molecule has 0 aromatic heterocycles. The number of hydrogen-bond acceptors (Lipinski definition) is 3. The Balaban J connectivity index is 2.16. The zero-order valence-electron chi connectivity index (χ0n) is 14.5. The number of primary amides is 1. The Morgan fingerprint density at radius 2 is 1.92 bits per heavy atom. The summed E-state index contributed by atoms with van der Waals surface area (Å²) in [5.41, 5.74) is 7.66. The lowest BCUT2D eigenvalue weighted by atomic mass is 10.1. The molecule has 0 aliphatic heterocycles. The van der Waals surface area contributed by atoms with Crippen LogP contribution in [0.3, 0.4) is 0 Å². The first-order valence-electron chi connectivity index (χ1n) is 8.15. The van der Waals surface area contributed by atoms with E-state index in [1.165, 1.54) is 0 Å². The Hall–Kier alpha value is -3.02. The van der Waals surface area contributed by atoms with Gasteiger partial charge in [-0.25, -0.2) is 4.79 Å². The standard InChI is InChI=1S/C19H23N3O3/c1-3-10-22(12-14-6-4-5-7-17(14)23)19(25)21-15-9-8-13(2)16(11-15)18(20)24/h4-9,11,23H,3,10,12H2,1-2H3,(H2,20,24)(H,21,25). The Kier molecular flexibility index (Phi) is 6.00. The Morgan fingerprint density at radius 1 is 1.20 bits per heavy atom. The third-order valence-corrected chi connectivity index (χ3v) is 3.89. The quantitative estimate of drug-likeness (QED) is 0.752. The van der Waals surface area contributed by atoms with Crippen LogP contribution in [0.5, 0.6) is 5.75 Å². The summed E-state index contributed by atoms with van der Waals surface area (Å²) in [6.45, 7) is 4.59. The summed E-state index contributed by atoms with van der Waals surface area (Å²) in [4.78, 5) is 25.7. The third kappa shape index (κ3) is 4.73. The van der Waals surface area contributed by atoms with Gasteiger partial charge in [0.2, 0.25) is 5.91 Å². The Labute approximate surface area is 147 Å². The molecule has 6 nitrogen and oxygen atoms in total. The van der Waals surface area contributed by atoms with Gasteiger partial charge < -0.3 is 21.1 Å². The molecule has 0 atom stereocenters. The number of nitrogens with one attached hydrogen (secondary N) is 1. The number of para-hydroxylation sites is 1. The number of aromatic hydroxyl groups is 1. The van der Waals surface area contributed by atoms with Gasteiger partial charge in [0, 0.05) is 23.4 Å². The second kappa shape index (κ2) is 8.19. The predicted molar refractivity (Wildman–Crippen MR) is 97.5 cm³/mol. The van der Waals surface area contributed by atoms with Crippen molar-refractivity contribution in [1.29, 1.82) is 0 Å². The van der Waals surface area contributed by atoms with Crippen molar-refractivity contribution in [3.8, 4) is 5.75 Å². The number of anilines is 1. The van der Waals surface area contributed by atoms with Crippen LogP contribution < -0.4 is 11.1 Å². The van der Waals surface area contributed by atoms with Crippen molar-refractivity contribution in [1.82, 2.24) is 4.90 Å². The van der Waals surface area contributed by atoms with Gasteiger partial charge in [0.15, 0.2) is 0 Å². The molecule has 0 fully saturated rings. The second-order valence-corrected chi connectivity index (χ2v) is 5.87. The van der Waals surface area contributed by atoms with E-state index in [9.17, 15) is 14.7 Å². The highest BCUT2D eigenvalue weighted by molar-refractivity contribution is 5.97. The molecule has 2 rings (SSSR count). The molecule has 4 N–H and O–H groups in total. The molecule has 0 saturated carbocycles. The van der Waals surface area contributed by atoms with Gasteiger partial charge in [-0.2, -0.15) is 0 Å². The zero-order chi connectivity index (χ0) is 18.4. The van der Waals surface area contributed by atoms with E-state index in [4.69, 9.17) is 5.73 Å². The summed E-state index contributed by atoms with van der Waals surface area (Å²) in [6.07, 6.45) is 0.779. The summed E-state index contributed by atoms with van der Waals surface area (Å²) in [5.74, 6) is -0.379. The number of carbonyl (C=O) groups is 2. The zero-order valence-corrected chi connectivity index (χ0v) is 14.5. The minimum Gasteiger partial charge on any atom is -0.508 e. The Morgan fingerprint density at radius 3 is 2.56 bits per heavy atom. The van der Waals surface area contributed by atoms with E-state index >= 15 is 0 Å². The van der Waals surface area contributed by atoms with E-state index in [1.807, 2.05) is 13.0 Å². The van der Waals surface area contributed by atoms with Crippen LogP contribution in [0.4, 0.5) is 10.5 Å². The van der Waals surface area contributed by atoms with Crippen LogP contribution >= 0.6 is 0 Å². The maximum Gasteiger partial charge on any atom is 0.322 e. The van der Waals surface area contributed by atoms with Crippen LogP contribution in [-0.4, -0.2) is 28.5 Å². The summed E-state index contributed by atoms with van der Waals surface area (Å²) >= 11 is 0. The number of amides is 3. The van der Waals surface area contributed by atoms with E-state index in [0.717, 1.165) is 12.0 Å². The average Bonchev–Trinajstić information content (AvgIpc) is 2.57. The van der Waals surface area contributed by atoms with E-state index in [-0.39, 0.29) is 11.8 Å². The highest BCUT2D eigenvalue weighted by atomic mass is 16.3. The summed E-state index contributed by atoms with van der Waals surface area (Å²) in [7, 11) is 0. The van der Waals surface area contributed by atoms with Gasteiger partial charge in [-0.3, -0.25) is 4.79 Å². The van der Waals surface area contributed by atoms with Gasteiger partial charge in [-0.15, -0.1) is 0 Å².